The van der Waals surface area contributed by atoms with Crippen molar-refractivity contribution in [3.8, 4) is 0 Å². The van der Waals surface area contributed by atoms with Crippen LogP contribution in [0.4, 0.5) is 0 Å². The first-order valence-corrected chi connectivity index (χ1v) is 21.9. The van der Waals surface area contributed by atoms with Crippen LogP contribution < -0.4 is 0 Å². The first kappa shape index (κ1) is 48.8. The van der Waals surface area contributed by atoms with Crippen LogP contribution in [0.1, 0.15) is 72.5 Å². The smallest absolute Gasteiger partial charge is 0.338 e. The molecule has 0 bridgehead atoms. The Kier molecular flexibility index (Phi) is 17.1. The second-order valence-corrected chi connectivity index (χ2v) is 15.3. The quantitative estimate of drug-likeness (QED) is 0.0522. The Balaban J connectivity index is 1.43. The van der Waals surface area contributed by atoms with Crippen LogP contribution in [0.2, 0.25) is 0 Å². The highest BCUT2D eigenvalue weighted by Gasteiger charge is 2.50. The van der Waals surface area contributed by atoms with Crippen molar-refractivity contribution in [3.63, 3.8) is 0 Å². The number of hydrogen-bond donors (Lipinski definition) is 0. The number of carbonyl (C=O) groups excluding carboxylic acids is 7. The molecule has 7 rings (SSSR count). The molecule has 0 N–H and O–H groups in total. The van der Waals surface area contributed by atoms with Gasteiger partial charge >= 0.3 is 41.8 Å². The second kappa shape index (κ2) is 24.6. The zero-order valence-corrected chi connectivity index (χ0v) is 37.2. The summed E-state index contributed by atoms with van der Waals surface area (Å²) in [6, 6.07) is 53.8. The van der Waals surface area contributed by atoms with Gasteiger partial charge in [0.05, 0.1) is 38.9 Å². The number of ether oxygens (including phenoxy) is 7. The first-order chi connectivity index (χ1) is 34.1. The van der Waals surface area contributed by atoms with Gasteiger partial charge in [0.2, 0.25) is 0 Å². The van der Waals surface area contributed by atoms with Gasteiger partial charge in [-0.1, -0.05) is 127 Å². The molecule has 0 heterocycles. The SMILES string of the molecule is O=C(OCC(OC(=O)c1ccccc1)C(OC(=O)c1ccccc1)C(OC(=O)c1ccccc1)C(OC(=O)c1ccccc1)C(COC(=O)c1ccccc1)OC(=O)c1ccccc1)c1ccccc1. The molecule has 0 radical (unpaired) electrons. The Morgan fingerprint density at radius 3 is 0.657 bits per heavy atom. The highest BCUT2D eigenvalue weighted by molar-refractivity contribution is 5.93. The third-order valence-electron chi connectivity index (χ3n) is 10.5. The van der Waals surface area contributed by atoms with Crippen molar-refractivity contribution in [3.05, 3.63) is 251 Å². The van der Waals surface area contributed by atoms with Crippen LogP contribution in [0.15, 0.2) is 212 Å². The minimum atomic E-state index is -2.17. The number of hydrogen-bond acceptors (Lipinski definition) is 14. The molecule has 0 amide bonds. The molecule has 7 aromatic carbocycles. The van der Waals surface area contributed by atoms with Gasteiger partial charge in [0, 0.05) is 0 Å². The van der Waals surface area contributed by atoms with E-state index in [4.69, 9.17) is 33.2 Å². The third-order valence-corrected chi connectivity index (χ3v) is 10.5. The molecule has 4 unspecified atom stereocenters. The average molecular weight is 941 g/mol. The van der Waals surface area contributed by atoms with E-state index in [-0.39, 0.29) is 38.9 Å². The molecule has 14 heteroatoms. The molecule has 352 valence electrons. The molecule has 0 spiro atoms. The topological polar surface area (TPSA) is 184 Å². The van der Waals surface area contributed by atoms with Gasteiger partial charge in [-0.25, -0.2) is 33.6 Å². The largest absolute Gasteiger partial charge is 0.458 e. The van der Waals surface area contributed by atoms with Crippen molar-refractivity contribution in [1.29, 1.82) is 0 Å². The second-order valence-electron chi connectivity index (χ2n) is 15.3. The lowest BCUT2D eigenvalue weighted by atomic mass is 9.97. The van der Waals surface area contributed by atoms with Crippen molar-refractivity contribution in [2.75, 3.05) is 13.2 Å². The third kappa shape index (κ3) is 13.5. The summed E-state index contributed by atoms with van der Waals surface area (Å²) in [6.07, 6.45) is -10.2. The van der Waals surface area contributed by atoms with Crippen molar-refractivity contribution < 1.29 is 66.7 Å². The summed E-state index contributed by atoms with van der Waals surface area (Å²) in [5.74, 6) is -7.00. The summed E-state index contributed by atoms with van der Waals surface area (Å²) in [5, 5.41) is 0. The molecular weight excluding hydrogens is 897 g/mol. The van der Waals surface area contributed by atoms with E-state index in [1.807, 2.05) is 0 Å². The van der Waals surface area contributed by atoms with Crippen LogP contribution in [0.25, 0.3) is 0 Å². The predicted octanol–water partition coefficient (Wildman–Crippen LogP) is 8.83. The lowest BCUT2D eigenvalue weighted by Gasteiger charge is -2.38. The highest BCUT2D eigenvalue weighted by Crippen LogP contribution is 2.28. The summed E-state index contributed by atoms with van der Waals surface area (Å²) in [5.41, 5.74) is 0.125. The van der Waals surface area contributed by atoms with E-state index in [1.54, 1.807) is 127 Å². The van der Waals surface area contributed by atoms with Crippen LogP contribution in [0, 0.1) is 0 Å². The summed E-state index contributed by atoms with van der Waals surface area (Å²) in [7, 11) is 0. The fourth-order valence-electron chi connectivity index (χ4n) is 6.91. The Bertz CT molecular complexity index is 2660. The Morgan fingerprint density at radius 1 is 0.243 bits per heavy atom. The molecule has 7 aromatic rings. The maximum Gasteiger partial charge on any atom is 0.338 e. The van der Waals surface area contributed by atoms with Crippen molar-refractivity contribution in [1.82, 2.24) is 0 Å². The minimum absolute atomic E-state index is 0.0161. The zero-order valence-electron chi connectivity index (χ0n) is 37.2. The molecule has 0 aliphatic carbocycles. The summed E-state index contributed by atoms with van der Waals surface area (Å²) in [4.78, 5) is 99.0. The van der Waals surface area contributed by atoms with Gasteiger partial charge in [0.1, 0.15) is 13.2 Å². The van der Waals surface area contributed by atoms with E-state index in [0.29, 0.717) is 0 Å². The predicted molar refractivity (Wildman–Crippen MR) is 252 cm³/mol. The molecule has 0 aliphatic heterocycles. The minimum Gasteiger partial charge on any atom is -0.458 e. The lowest BCUT2D eigenvalue weighted by molar-refractivity contribution is -0.156. The maximum atomic E-state index is 14.5. The van der Waals surface area contributed by atoms with Crippen LogP contribution in [0.5, 0.6) is 0 Å². The molecule has 0 saturated carbocycles. The lowest BCUT2D eigenvalue weighted by Crippen LogP contribution is -2.58. The fraction of sp³-hybridized carbons (Fsp3) is 0.125. The van der Waals surface area contributed by atoms with Gasteiger partial charge in [-0.2, -0.15) is 0 Å². The number of esters is 7. The van der Waals surface area contributed by atoms with Gasteiger partial charge in [-0.15, -0.1) is 0 Å². The van der Waals surface area contributed by atoms with Crippen molar-refractivity contribution in [2.24, 2.45) is 0 Å². The fourth-order valence-corrected chi connectivity index (χ4v) is 6.91. The normalized spacial score (nSPS) is 12.8. The van der Waals surface area contributed by atoms with E-state index in [9.17, 15) is 33.6 Å². The van der Waals surface area contributed by atoms with E-state index in [0.717, 1.165) is 0 Å². The van der Waals surface area contributed by atoms with Crippen LogP contribution in [-0.2, 0) is 33.2 Å². The Hall–Kier alpha value is -9.17. The molecule has 0 aromatic heterocycles. The van der Waals surface area contributed by atoms with Crippen LogP contribution >= 0.6 is 0 Å². The monoisotopic (exact) mass is 940 g/mol. The van der Waals surface area contributed by atoms with E-state index < -0.39 is 85.5 Å². The van der Waals surface area contributed by atoms with Gasteiger partial charge in [-0.3, -0.25) is 0 Å². The Morgan fingerprint density at radius 2 is 0.429 bits per heavy atom. The average Bonchev–Trinajstić information content (AvgIpc) is 3.42. The van der Waals surface area contributed by atoms with Gasteiger partial charge in [0.15, 0.2) is 30.5 Å². The van der Waals surface area contributed by atoms with Gasteiger partial charge in [0.25, 0.3) is 0 Å². The number of carbonyl (C=O) groups is 7. The standard InChI is InChI=1S/C56H44O14/c57-50(38-22-8-1-9-23-38)64-36-45(66-52(59)40-26-12-3-13-27-40)47(68-54(61)42-30-16-5-17-31-42)49(70-56(63)44-34-20-7-21-35-44)48(69-55(62)43-32-18-6-19-33-43)46(67-53(60)41-28-14-4-15-29-41)37-65-51(58)39-24-10-2-11-25-39/h1-35,45-49H,36-37H2. The first-order valence-electron chi connectivity index (χ1n) is 21.9. The summed E-state index contributed by atoms with van der Waals surface area (Å²) < 4.78 is 42.5. The highest BCUT2D eigenvalue weighted by atomic mass is 16.7. The van der Waals surface area contributed by atoms with Crippen LogP contribution in [-0.4, -0.2) is 85.5 Å². The summed E-state index contributed by atoms with van der Waals surface area (Å²) >= 11 is 0. The molecule has 0 fully saturated rings. The maximum absolute atomic E-state index is 14.5. The molecule has 14 nitrogen and oxygen atoms in total. The van der Waals surface area contributed by atoms with Crippen molar-refractivity contribution >= 4 is 41.8 Å². The van der Waals surface area contributed by atoms with E-state index >= 15 is 0 Å². The van der Waals surface area contributed by atoms with Crippen molar-refractivity contribution in [2.45, 2.75) is 30.5 Å². The summed E-state index contributed by atoms with van der Waals surface area (Å²) in [6.45, 7) is -1.73. The van der Waals surface area contributed by atoms with Crippen LogP contribution in [0.3, 0.4) is 0 Å². The number of rotatable bonds is 20. The van der Waals surface area contributed by atoms with E-state index in [1.165, 1.54) is 84.9 Å². The van der Waals surface area contributed by atoms with Gasteiger partial charge < -0.3 is 33.2 Å². The molecule has 0 aliphatic rings. The molecule has 0 saturated heterocycles. The molecule has 4 atom stereocenters. The zero-order chi connectivity index (χ0) is 49.1. The molecule has 70 heavy (non-hydrogen) atoms. The Labute approximate surface area is 402 Å². The van der Waals surface area contributed by atoms with Gasteiger partial charge in [-0.05, 0) is 84.9 Å². The number of benzene rings is 7. The molecular formula is C56H44O14. The van der Waals surface area contributed by atoms with E-state index in [2.05, 4.69) is 0 Å².